The summed E-state index contributed by atoms with van der Waals surface area (Å²) < 4.78 is 0. The lowest BCUT2D eigenvalue weighted by Crippen LogP contribution is -2.31. The van der Waals surface area contributed by atoms with Gasteiger partial charge < -0.3 is 5.32 Å². The molecule has 0 fully saturated rings. The largest absolute Gasteiger partial charge is 0.350 e. The van der Waals surface area contributed by atoms with Crippen molar-refractivity contribution in [3.8, 4) is 0 Å². The van der Waals surface area contributed by atoms with Crippen LogP contribution in [0.5, 0.6) is 0 Å². The van der Waals surface area contributed by atoms with Gasteiger partial charge in [-0.15, -0.1) is 0 Å². The van der Waals surface area contributed by atoms with E-state index in [0.717, 1.165) is 37.8 Å². The second kappa shape index (κ2) is 6.25. The second-order valence-corrected chi connectivity index (χ2v) is 5.89. The Balaban J connectivity index is 1.59. The summed E-state index contributed by atoms with van der Waals surface area (Å²) in [6.45, 7) is 0.574. The SMILES string of the molecule is O=C(NCc1n[nH]c2c1CCCCC2)C1CC=CCC1. The second-order valence-electron chi connectivity index (χ2n) is 5.89. The molecular weight excluding hydrogens is 250 g/mol. The van der Waals surface area contributed by atoms with Gasteiger partial charge >= 0.3 is 0 Å². The summed E-state index contributed by atoms with van der Waals surface area (Å²) in [6, 6.07) is 0. The standard InChI is InChI=1S/C16H23N3O/c20-16(12-7-3-1-4-8-12)17-11-15-13-9-5-2-6-10-14(13)18-19-15/h1,3,12H,2,4-11H2,(H,17,20)(H,18,19). The molecule has 4 nitrogen and oxygen atoms in total. The number of aryl methyl sites for hydroxylation is 1. The third-order valence-corrected chi connectivity index (χ3v) is 4.46. The van der Waals surface area contributed by atoms with Crippen molar-refractivity contribution in [2.75, 3.05) is 0 Å². The minimum atomic E-state index is 0.151. The van der Waals surface area contributed by atoms with E-state index in [-0.39, 0.29) is 11.8 Å². The maximum Gasteiger partial charge on any atom is 0.223 e. The summed E-state index contributed by atoms with van der Waals surface area (Å²) in [5, 5.41) is 10.6. The molecule has 0 aromatic carbocycles. The van der Waals surface area contributed by atoms with Crippen LogP contribution in [-0.2, 0) is 24.2 Å². The van der Waals surface area contributed by atoms with Gasteiger partial charge in [0, 0.05) is 11.6 Å². The number of aromatic nitrogens is 2. The molecule has 1 aromatic heterocycles. The predicted molar refractivity (Wildman–Crippen MR) is 78.2 cm³/mol. The van der Waals surface area contributed by atoms with E-state index in [9.17, 15) is 4.79 Å². The van der Waals surface area contributed by atoms with E-state index in [0.29, 0.717) is 6.54 Å². The fraction of sp³-hybridized carbons (Fsp3) is 0.625. The van der Waals surface area contributed by atoms with Crippen molar-refractivity contribution in [3.63, 3.8) is 0 Å². The van der Waals surface area contributed by atoms with Crippen LogP contribution in [0, 0.1) is 5.92 Å². The number of rotatable bonds is 3. The van der Waals surface area contributed by atoms with Gasteiger partial charge in [-0.2, -0.15) is 5.10 Å². The number of carbonyl (C=O) groups excluding carboxylic acids is 1. The van der Waals surface area contributed by atoms with Crippen LogP contribution >= 0.6 is 0 Å². The minimum Gasteiger partial charge on any atom is -0.350 e. The lowest BCUT2D eigenvalue weighted by molar-refractivity contribution is -0.125. The van der Waals surface area contributed by atoms with Crippen molar-refractivity contribution < 1.29 is 4.79 Å². The van der Waals surface area contributed by atoms with Gasteiger partial charge in [-0.1, -0.05) is 18.6 Å². The van der Waals surface area contributed by atoms with E-state index in [1.165, 1.54) is 30.5 Å². The highest BCUT2D eigenvalue weighted by Gasteiger charge is 2.20. The monoisotopic (exact) mass is 273 g/mol. The van der Waals surface area contributed by atoms with Gasteiger partial charge in [0.15, 0.2) is 0 Å². The summed E-state index contributed by atoms with van der Waals surface area (Å²) in [5.74, 6) is 0.331. The van der Waals surface area contributed by atoms with Gasteiger partial charge in [0.25, 0.3) is 0 Å². The van der Waals surface area contributed by atoms with Crippen LogP contribution in [0.4, 0.5) is 0 Å². The van der Waals surface area contributed by atoms with E-state index in [1.54, 1.807) is 0 Å². The third-order valence-electron chi connectivity index (χ3n) is 4.46. The topological polar surface area (TPSA) is 57.8 Å². The average molecular weight is 273 g/mol. The average Bonchev–Trinajstić information content (AvgIpc) is 2.72. The zero-order valence-corrected chi connectivity index (χ0v) is 12.0. The van der Waals surface area contributed by atoms with E-state index in [1.807, 2.05) is 0 Å². The van der Waals surface area contributed by atoms with Gasteiger partial charge in [-0.25, -0.2) is 0 Å². The molecular formula is C16H23N3O. The Bertz CT molecular complexity index is 504. The Labute approximate surface area is 120 Å². The van der Waals surface area contributed by atoms with Crippen molar-refractivity contribution in [1.82, 2.24) is 15.5 Å². The summed E-state index contributed by atoms with van der Waals surface area (Å²) in [5.41, 5.74) is 3.68. The van der Waals surface area contributed by atoms with Crippen molar-refractivity contribution in [2.24, 2.45) is 5.92 Å². The molecule has 20 heavy (non-hydrogen) atoms. The number of amides is 1. The number of hydrogen-bond donors (Lipinski definition) is 2. The lowest BCUT2D eigenvalue weighted by atomic mass is 9.93. The normalized spacial score (nSPS) is 22.1. The van der Waals surface area contributed by atoms with E-state index in [2.05, 4.69) is 27.7 Å². The number of hydrogen-bond acceptors (Lipinski definition) is 2. The van der Waals surface area contributed by atoms with Crippen molar-refractivity contribution >= 4 is 5.91 Å². The number of allylic oxidation sites excluding steroid dienone is 2. The maximum atomic E-state index is 12.1. The summed E-state index contributed by atoms with van der Waals surface area (Å²) in [4.78, 5) is 12.1. The van der Waals surface area contributed by atoms with Crippen molar-refractivity contribution in [3.05, 3.63) is 29.1 Å². The molecule has 108 valence electrons. The third kappa shape index (κ3) is 2.94. The number of carbonyl (C=O) groups is 1. The first-order valence-corrected chi connectivity index (χ1v) is 7.82. The molecule has 1 amide bonds. The smallest absolute Gasteiger partial charge is 0.223 e. The minimum absolute atomic E-state index is 0.151. The van der Waals surface area contributed by atoms with Crippen LogP contribution < -0.4 is 5.32 Å². The van der Waals surface area contributed by atoms with Crippen LogP contribution in [0.2, 0.25) is 0 Å². The Morgan fingerprint density at radius 3 is 3.05 bits per heavy atom. The first-order valence-electron chi connectivity index (χ1n) is 7.82. The molecule has 1 unspecified atom stereocenters. The lowest BCUT2D eigenvalue weighted by Gasteiger charge is -2.17. The summed E-state index contributed by atoms with van der Waals surface area (Å²) >= 11 is 0. The van der Waals surface area contributed by atoms with Gasteiger partial charge in [-0.3, -0.25) is 9.89 Å². The van der Waals surface area contributed by atoms with E-state index < -0.39 is 0 Å². The summed E-state index contributed by atoms with van der Waals surface area (Å²) in [6.07, 6.45) is 13.1. The molecule has 0 radical (unpaired) electrons. The highest BCUT2D eigenvalue weighted by Crippen LogP contribution is 2.22. The predicted octanol–water partition coefficient (Wildman–Crippen LogP) is 2.65. The highest BCUT2D eigenvalue weighted by atomic mass is 16.1. The molecule has 4 heteroatoms. The van der Waals surface area contributed by atoms with E-state index in [4.69, 9.17) is 0 Å². The molecule has 0 aliphatic heterocycles. The van der Waals surface area contributed by atoms with Crippen LogP contribution in [0.25, 0.3) is 0 Å². The van der Waals surface area contributed by atoms with Crippen LogP contribution in [0.3, 0.4) is 0 Å². The number of aromatic amines is 1. The fourth-order valence-corrected chi connectivity index (χ4v) is 3.22. The Morgan fingerprint density at radius 1 is 1.30 bits per heavy atom. The highest BCUT2D eigenvalue weighted by molar-refractivity contribution is 5.78. The van der Waals surface area contributed by atoms with Crippen molar-refractivity contribution in [1.29, 1.82) is 0 Å². The molecule has 2 N–H and O–H groups in total. The zero-order valence-electron chi connectivity index (χ0n) is 12.0. The Morgan fingerprint density at radius 2 is 2.20 bits per heavy atom. The number of fused-ring (bicyclic) bond motifs is 1. The maximum absolute atomic E-state index is 12.1. The molecule has 1 atom stereocenters. The molecule has 1 aromatic rings. The first kappa shape index (κ1) is 13.4. The van der Waals surface area contributed by atoms with Gasteiger partial charge in [0.05, 0.1) is 12.2 Å². The Hall–Kier alpha value is -1.58. The molecule has 0 saturated carbocycles. The first-order chi connectivity index (χ1) is 9.84. The van der Waals surface area contributed by atoms with E-state index >= 15 is 0 Å². The molecule has 0 bridgehead atoms. The fourth-order valence-electron chi connectivity index (χ4n) is 3.22. The number of nitrogens with zero attached hydrogens (tertiary/aromatic N) is 1. The molecule has 2 aliphatic carbocycles. The zero-order chi connectivity index (χ0) is 13.8. The van der Waals surface area contributed by atoms with Crippen LogP contribution in [0.1, 0.15) is 55.5 Å². The quantitative estimate of drug-likeness (QED) is 0.657. The van der Waals surface area contributed by atoms with Crippen molar-refractivity contribution in [2.45, 2.75) is 57.9 Å². The Kier molecular flexibility index (Phi) is 4.19. The van der Waals surface area contributed by atoms with Gasteiger partial charge in [0.2, 0.25) is 5.91 Å². The van der Waals surface area contributed by atoms with Crippen LogP contribution in [-0.4, -0.2) is 16.1 Å². The molecule has 0 spiro atoms. The molecule has 0 saturated heterocycles. The molecule has 3 rings (SSSR count). The van der Waals surface area contributed by atoms with Gasteiger partial charge in [-0.05, 0) is 50.5 Å². The number of H-pyrrole nitrogens is 1. The summed E-state index contributed by atoms with van der Waals surface area (Å²) in [7, 11) is 0. The number of nitrogens with one attached hydrogen (secondary N) is 2. The molecule has 2 aliphatic rings. The molecule has 1 heterocycles. The van der Waals surface area contributed by atoms with Crippen LogP contribution in [0.15, 0.2) is 12.2 Å². The van der Waals surface area contributed by atoms with Gasteiger partial charge in [0.1, 0.15) is 0 Å².